The van der Waals surface area contributed by atoms with Crippen LogP contribution in [0.25, 0.3) is 0 Å². The Hall–Kier alpha value is -3.15. The standard InChI is InChI=1S/C23H29N3O7S/c1-31-19-10-9-17(15-20(19)32-2)11-12-24-22(27)23(28)25-16-21-26(13-6-14-33-21)34(29,30)18-7-4-3-5-8-18/h3-5,7-10,15,21H,6,11-14,16H2,1-2H3,(H,24,27)(H,25,28)/t21-/m1/s1. The maximum Gasteiger partial charge on any atom is 0.309 e. The maximum absolute atomic E-state index is 13.0. The fourth-order valence-corrected chi connectivity index (χ4v) is 5.11. The Labute approximate surface area is 199 Å². The van der Waals surface area contributed by atoms with E-state index in [-0.39, 0.29) is 24.5 Å². The highest BCUT2D eigenvalue weighted by atomic mass is 32.2. The monoisotopic (exact) mass is 491 g/mol. The van der Waals surface area contributed by atoms with E-state index < -0.39 is 28.1 Å². The number of hydrogen-bond donors (Lipinski definition) is 2. The zero-order valence-corrected chi connectivity index (χ0v) is 20.0. The molecule has 2 N–H and O–H groups in total. The molecule has 2 aromatic carbocycles. The summed E-state index contributed by atoms with van der Waals surface area (Å²) in [6, 6.07) is 13.4. The Balaban J connectivity index is 1.51. The van der Waals surface area contributed by atoms with Crippen molar-refractivity contribution in [1.29, 1.82) is 0 Å². The summed E-state index contributed by atoms with van der Waals surface area (Å²) in [6.07, 6.45) is 0.115. The number of amides is 2. The van der Waals surface area contributed by atoms with Crippen LogP contribution in [-0.4, -0.2) is 71.2 Å². The number of rotatable bonds is 9. The smallest absolute Gasteiger partial charge is 0.309 e. The molecule has 0 unspecified atom stereocenters. The Kier molecular flexibility index (Phi) is 8.85. The van der Waals surface area contributed by atoms with Crippen molar-refractivity contribution in [1.82, 2.24) is 14.9 Å². The lowest BCUT2D eigenvalue weighted by Gasteiger charge is -2.34. The van der Waals surface area contributed by atoms with Gasteiger partial charge in [-0.1, -0.05) is 24.3 Å². The van der Waals surface area contributed by atoms with E-state index >= 15 is 0 Å². The highest BCUT2D eigenvalue weighted by Crippen LogP contribution is 2.27. The summed E-state index contributed by atoms with van der Waals surface area (Å²) < 4.78 is 43.2. The molecule has 34 heavy (non-hydrogen) atoms. The SMILES string of the molecule is COc1ccc(CCNC(=O)C(=O)NC[C@H]2OCCCN2S(=O)(=O)c2ccccc2)cc1OC. The molecule has 0 bridgehead atoms. The van der Waals surface area contributed by atoms with Gasteiger partial charge in [0.1, 0.15) is 6.23 Å². The average Bonchev–Trinajstić information content (AvgIpc) is 2.87. The summed E-state index contributed by atoms with van der Waals surface area (Å²) >= 11 is 0. The first-order valence-corrected chi connectivity index (χ1v) is 12.3. The van der Waals surface area contributed by atoms with Crippen molar-refractivity contribution in [3.8, 4) is 11.5 Å². The van der Waals surface area contributed by atoms with Gasteiger partial charge in [0.15, 0.2) is 11.5 Å². The summed E-state index contributed by atoms with van der Waals surface area (Å²) in [4.78, 5) is 24.6. The lowest BCUT2D eigenvalue weighted by molar-refractivity contribution is -0.140. The van der Waals surface area contributed by atoms with Crippen LogP contribution in [0.2, 0.25) is 0 Å². The molecule has 0 spiro atoms. The van der Waals surface area contributed by atoms with Crippen LogP contribution in [0, 0.1) is 0 Å². The third-order valence-electron chi connectivity index (χ3n) is 5.29. The molecule has 1 aliphatic rings. The number of sulfonamides is 1. The van der Waals surface area contributed by atoms with E-state index in [4.69, 9.17) is 14.2 Å². The van der Waals surface area contributed by atoms with E-state index in [0.29, 0.717) is 30.9 Å². The van der Waals surface area contributed by atoms with Crippen molar-refractivity contribution in [3.63, 3.8) is 0 Å². The van der Waals surface area contributed by atoms with Crippen molar-refractivity contribution in [3.05, 3.63) is 54.1 Å². The normalized spacial score (nSPS) is 16.5. The minimum atomic E-state index is -3.80. The van der Waals surface area contributed by atoms with E-state index in [1.165, 1.54) is 23.5 Å². The fraction of sp³-hybridized carbons (Fsp3) is 0.391. The van der Waals surface area contributed by atoms with E-state index in [0.717, 1.165) is 5.56 Å². The molecule has 1 fully saturated rings. The van der Waals surface area contributed by atoms with Gasteiger partial charge < -0.3 is 24.8 Å². The molecule has 2 amide bonds. The first kappa shape index (κ1) is 25.5. The topological polar surface area (TPSA) is 123 Å². The number of nitrogens with zero attached hydrogens (tertiary/aromatic N) is 1. The molecular formula is C23H29N3O7S. The zero-order chi connectivity index (χ0) is 24.6. The predicted octanol–water partition coefficient (Wildman–Crippen LogP) is 0.916. The fourth-order valence-electron chi connectivity index (χ4n) is 3.53. The maximum atomic E-state index is 13.0. The zero-order valence-electron chi connectivity index (χ0n) is 19.2. The summed E-state index contributed by atoms with van der Waals surface area (Å²) in [5, 5.41) is 5.03. The van der Waals surface area contributed by atoms with E-state index in [9.17, 15) is 18.0 Å². The van der Waals surface area contributed by atoms with E-state index in [1.807, 2.05) is 6.07 Å². The third kappa shape index (κ3) is 6.25. The van der Waals surface area contributed by atoms with Crippen LogP contribution < -0.4 is 20.1 Å². The van der Waals surface area contributed by atoms with E-state index in [1.54, 1.807) is 37.4 Å². The Bertz CT molecular complexity index is 1090. The van der Waals surface area contributed by atoms with Crippen LogP contribution >= 0.6 is 0 Å². The molecule has 1 atom stereocenters. The van der Waals surface area contributed by atoms with Gasteiger partial charge in [-0.25, -0.2) is 8.42 Å². The van der Waals surface area contributed by atoms with E-state index in [2.05, 4.69) is 10.6 Å². The molecule has 11 heteroatoms. The van der Waals surface area contributed by atoms with Crippen molar-refractivity contribution in [2.45, 2.75) is 24.0 Å². The molecule has 0 aromatic heterocycles. The molecule has 184 valence electrons. The number of nitrogens with one attached hydrogen (secondary N) is 2. The first-order valence-electron chi connectivity index (χ1n) is 10.8. The molecule has 0 saturated carbocycles. The Morgan fingerprint density at radius 3 is 2.44 bits per heavy atom. The van der Waals surface area contributed by atoms with Gasteiger partial charge in [-0.2, -0.15) is 4.31 Å². The molecule has 0 aliphatic carbocycles. The van der Waals surface area contributed by atoms with Gasteiger partial charge in [0, 0.05) is 13.1 Å². The summed E-state index contributed by atoms with van der Waals surface area (Å²) in [7, 11) is -0.713. The highest BCUT2D eigenvalue weighted by molar-refractivity contribution is 7.89. The number of methoxy groups -OCH3 is 2. The Morgan fingerprint density at radius 2 is 1.74 bits per heavy atom. The van der Waals surface area contributed by atoms with Gasteiger partial charge in [-0.3, -0.25) is 9.59 Å². The minimum absolute atomic E-state index is 0.143. The molecular weight excluding hydrogens is 462 g/mol. The largest absolute Gasteiger partial charge is 0.493 e. The molecule has 10 nitrogen and oxygen atoms in total. The quantitative estimate of drug-likeness (QED) is 0.500. The van der Waals surface area contributed by atoms with Crippen LogP contribution in [0.4, 0.5) is 0 Å². The molecule has 3 rings (SSSR count). The molecule has 1 saturated heterocycles. The second-order valence-corrected chi connectivity index (χ2v) is 9.40. The van der Waals surface area contributed by atoms with Crippen LogP contribution in [0.1, 0.15) is 12.0 Å². The molecule has 0 radical (unpaired) electrons. The van der Waals surface area contributed by atoms with Gasteiger partial charge in [-0.15, -0.1) is 0 Å². The molecule has 2 aromatic rings. The van der Waals surface area contributed by atoms with Crippen LogP contribution in [0.15, 0.2) is 53.4 Å². The van der Waals surface area contributed by atoms with Crippen LogP contribution in [0.3, 0.4) is 0 Å². The van der Waals surface area contributed by atoms with Gasteiger partial charge in [0.25, 0.3) is 0 Å². The molecule has 1 heterocycles. The van der Waals surface area contributed by atoms with Gasteiger partial charge in [-0.05, 0) is 42.7 Å². The first-order chi connectivity index (χ1) is 16.4. The predicted molar refractivity (Wildman–Crippen MR) is 124 cm³/mol. The van der Waals surface area contributed by atoms with Crippen molar-refractivity contribution >= 4 is 21.8 Å². The average molecular weight is 492 g/mol. The lowest BCUT2D eigenvalue weighted by Crippen LogP contribution is -2.53. The van der Waals surface area contributed by atoms with Gasteiger partial charge >= 0.3 is 11.8 Å². The summed E-state index contributed by atoms with van der Waals surface area (Å²) in [5.41, 5.74) is 0.899. The molecule has 1 aliphatic heterocycles. The van der Waals surface area contributed by atoms with Crippen molar-refractivity contribution in [2.24, 2.45) is 0 Å². The van der Waals surface area contributed by atoms with Crippen molar-refractivity contribution in [2.75, 3.05) is 40.5 Å². The second-order valence-electron chi connectivity index (χ2n) is 7.51. The number of hydrogen-bond acceptors (Lipinski definition) is 7. The number of benzene rings is 2. The van der Waals surface area contributed by atoms with Crippen LogP contribution in [0.5, 0.6) is 11.5 Å². The minimum Gasteiger partial charge on any atom is -0.493 e. The van der Waals surface area contributed by atoms with Crippen molar-refractivity contribution < 1.29 is 32.2 Å². The Morgan fingerprint density at radius 1 is 1.03 bits per heavy atom. The van der Waals surface area contributed by atoms with Crippen LogP contribution in [-0.2, 0) is 30.8 Å². The number of carbonyl (C=O) groups is 2. The summed E-state index contributed by atoms with van der Waals surface area (Å²) in [5.74, 6) is -0.498. The van der Waals surface area contributed by atoms with Gasteiger partial charge in [0.2, 0.25) is 10.0 Å². The third-order valence-corrected chi connectivity index (χ3v) is 7.20. The lowest BCUT2D eigenvalue weighted by atomic mass is 10.1. The number of ether oxygens (including phenoxy) is 3. The summed E-state index contributed by atoms with van der Waals surface area (Å²) in [6.45, 7) is 0.707. The number of carbonyl (C=O) groups excluding carboxylic acids is 2. The van der Waals surface area contributed by atoms with Gasteiger partial charge in [0.05, 0.1) is 32.3 Å². The second kappa shape index (κ2) is 11.8. The highest BCUT2D eigenvalue weighted by Gasteiger charge is 2.34.